The van der Waals surface area contributed by atoms with Crippen molar-refractivity contribution in [3.8, 4) is 0 Å². The number of carbonyl (C=O) groups is 4. The van der Waals surface area contributed by atoms with Crippen LogP contribution in [-0.2, 0) is 19.2 Å². The zero-order valence-electron chi connectivity index (χ0n) is 9.33. The minimum absolute atomic E-state index is 0.00231. The molecule has 0 aromatic rings. The monoisotopic (exact) mass is 212 g/mol. The fourth-order valence-corrected chi connectivity index (χ4v) is 1.13. The molecule has 0 saturated heterocycles. The van der Waals surface area contributed by atoms with Crippen LogP contribution in [0.5, 0.6) is 0 Å². The second kappa shape index (κ2) is 6.22. The third-order valence-corrected chi connectivity index (χ3v) is 2.24. The van der Waals surface area contributed by atoms with Gasteiger partial charge < -0.3 is 0 Å². The van der Waals surface area contributed by atoms with Crippen LogP contribution < -0.4 is 0 Å². The van der Waals surface area contributed by atoms with E-state index in [9.17, 15) is 19.2 Å². The van der Waals surface area contributed by atoms with Crippen molar-refractivity contribution < 1.29 is 19.2 Å². The summed E-state index contributed by atoms with van der Waals surface area (Å²) >= 11 is 0. The quantitative estimate of drug-likeness (QED) is 0.643. The summed E-state index contributed by atoms with van der Waals surface area (Å²) in [5.74, 6) is -0.993. The molecule has 0 radical (unpaired) electrons. The Kier molecular flexibility index (Phi) is 5.67. The van der Waals surface area contributed by atoms with E-state index in [2.05, 4.69) is 0 Å². The van der Waals surface area contributed by atoms with Crippen molar-refractivity contribution in [1.29, 1.82) is 0 Å². The maximum Gasteiger partial charge on any atom is 0.201 e. The third kappa shape index (κ3) is 4.63. The minimum atomic E-state index is -0.345. The van der Waals surface area contributed by atoms with Crippen LogP contribution in [0.3, 0.4) is 0 Å². The Balaban J connectivity index is 0.000000265. The molecule has 0 heterocycles. The first-order chi connectivity index (χ1) is 6.90. The van der Waals surface area contributed by atoms with Crippen LogP contribution in [0.1, 0.15) is 40.0 Å². The Hall–Kier alpha value is -1.32. The molecular weight excluding hydrogens is 196 g/mol. The molecule has 0 aromatic heterocycles. The van der Waals surface area contributed by atoms with E-state index in [-0.39, 0.29) is 29.1 Å². The SMILES string of the molecule is CC1CCC(=O)C1=O.CCC(=O)C(C)=O. The molecule has 0 N–H and O–H groups in total. The number of hydrogen-bond donors (Lipinski definition) is 0. The second-order valence-electron chi connectivity index (χ2n) is 3.56. The molecule has 1 aliphatic carbocycles. The van der Waals surface area contributed by atoms with E-state index in [1.807, 2.05) is 0 Å². The van der Waals surface area contributed by atoms with Gasteiger partial charge in [-0.1, -0.05) is 13.8 Å². The van der Waals surface area contributed by atoms with Gasteiger partial charge in [0.1, 0.15) is 0 Å². The Morgan fingerprint density at radius 1 is 1.33 bits per heavy atom. The van der Waals surface area contributed by atoms with Gasteiger partial charge >= 0.3 is 0 Å². The molecule has 1 saturated carbocycles. The molecule has 0 spiro atoms. The first-order valence-corrected chi connectivity index (χ1v) is 5.00. The summed E-state index contributed by atoms with van der Waals surface area (Å²) in [4.78, 5) is 41.2. The normalized spacial score (nSPS) is 19.5. The van der Waals surface area contributed by atoms with E-state index in [0.29, 0.717) is 12.8 Å². The van der Waals surface area contributed by atoms with Gasteiger partial charge in [0.05, 0.1) is 0 Å². The average Bonchev–Trinajstić information content (AvgIpc) is 2.49. The molecule has 4 heteroatoms. The van der Waals surface area contributed by atoms with Crippen molar-refractivity contribution in [2.75, 3.05) is 0 Å². The summed E-state index contributed by atoms with van der Waals surface area (Å²) in [6.45, 7) is 4.75. The van der Waals surface area contributed by atoms with Crippen molar-refractivity contribution in [2.45, 2.75) is 40.0 Å². The maximum atomic E-state index is 10.6. The number of ketones is 4. The standard InChI is InChI=1S/C6H8O2.C5H8O2/c1-4-2-3-5(7)6(4)8;1-3-5(7)4(2)6/h4H,2-3H2,1H3;3H2,1-2H3. The lowest BCUT2D eigenvalue weighted by Gasteiger charge is -1.89. The Morgan fingerprint density at radius 3 is 1.93 bits per heavy atom. The Bertz CT molecular complexity index is 291. The highest BCUT2D eigenvalue weighted by molar-refractivity contribution is 6.39. The molecule has 1 rings (SSSR count). The topological polar surface area (TPSA) is 68.3 Å². The van der Waals surface area contributed by atoms with Gasteiger partial charge in [-0.25, -0.2) is 0 Å². The van der Waals surface area contributed by atoms with Gasteiger partial charge in [-0.15, -0.1) is 0 Å². The van der Waals surface area contributed by atoms with Crippen molar-refractivity contribution in [3.63, 3.8) is 0 Å². The number of hydrogen-bond acceptors (Lipinski definition) is 4. The average molecular weight is 212 g/mol. The van der Waals surface area contributed by atoms with Crippen LogP contribution in [-0.4, -0.2) is 23.1 Å². The largest absolute Gasteiger partial charge is 0.291 e. The maximum absolute atomic E-state index is 10.6. The van der Waals surface area contributed by atoms with Crippen molar-refractivity contribution in [1.82, 2.24) is 0 Å². The molecule has 4 nitrogen and oxygen atoms in total. The summed E-state index contributed by atoms with van der Waals surface area (Å²) in [5, 5.41) is 0. The molecule has 1 aliphatic rings. The van der Waals surface area contributed by atoms with E-state index in [4.69, 9.17) is 0 Å². The first-order valence-electron chi connectivity index (χ1n) is 5.00. The van der Waals surface area contributed by atoms with Crippen LogP contribution in [0, 0.1) is 5.92 Å². The molecule has 0 aromatic carbocycles. The number of Topliss-reactive ketones (excluding diaryl/α,β-unsaturated/α-hetero) is 4. The Labute approximate surface area is 89.0 Å². The summed E-state index contributed by atoms with van der Waals surface area (Å²) in [5.41, 5.74) is 0. The van der Waals surface area contributed by atoms with Gasteiger partial charge in [0.15, 0.2) is 17.3 Å². The van der Waals surface area contributed by atoms with Crippen molar-refractivity contribution >= 4 is 23.1 Å². The molecule has 15 heavy (non-hydrogen) atoms. The van der Waals surface area contributed by atoms with Gasteiger partial charge in [-0.2, -0.15) is 0 Å². The predicted octanol–water partition coefficient (Wildman–Crippen LogP) is 1.11. The van der Waals surface area contributed by atoms with Crippen molar-refractivity contribution in [3.05, 3.63) is 0 Å². The molecule has 0 bridgehead atoms. The third-order valence-electron chi connectivity index (χ3n) is 2.24. The molecule has 0 amide bonds. The van der Waals surface area contributed by atoms with Crippen LogP contribution in [0.2, 0.25) is 0 Å². The molecule has 1 fully saturated rings. The summed E-state index contributed by atoms with van der Waals surface area (Å²) in [6, 6.07) is 0. The van der Waals surface area contributed by atoms with E-state index < -0.39 is 0 Å². The molecule has 1 unspecified atom stereocenters. The van der Waals surface area contributed by atoms with Gasteiger partial charge in [0.25, 0.3) is 0 Å². The molecule has 1 atom stereocenters. The van der Waals surface area contributed by atoms with Gasteiger partial charge in [-0.3, -0.25) is 19.2 Å². The smallest absolute Gasteiger partial charge is 0.201 e. The number of carbonyl (C=O) groups excluding carboxylic acids is 4. The zero-order valence-corrected chi connectivity index (χ0v) is 9.33. The van der Waals surface area contributed by atoms with Crippen LogP contribution >= 0.6 is 0 Å². The van der Waals surface area contributed by atoms with Gasteiger partial charge in [0.2, 0.25) is 5.78 Å². The lowest BCUT2D eigenvalue weighted by molar-refractivity contribution is -0.135. The molecular formula is C11H16O4. The first kappa shape index (κ1) is 13.7. The van der Waals surface area contributed by atoms with Gasteiger partial charge in [0, 0.05) is 25.7 Å². The van der Waals surface area contributed by atoms with E-state index >= 15 is 0 Å². The van der Waals surface area contributed by atoms with E-state index in [1.165, 1.54) is 6.92 Å². The highest BCUT2D eigenvalue weighted by Gasteiger charge is 2.27. The van der Waals surface area contributed by atoms with E-state index in [1.54, 1.807) is 13.8 Å². The zero-order chi connectivity index (χ0) is 12.0. The van der Waals surface area contributed by atoms with Crippen LogP contribution in [0.4, 0.5) is 0 Å². The predicted molar refractivity (Wildman–Crippen MR) is 54.4 cm³/mol. The minimum Gasteiger partial charge on any atom is -0.291 e. The second-order valence-corrected chi connectivity index (χ2v) is 3.56. The van der Waals surface area contributed by atoms with Gasteiger partial charge in [-0.05, 0) is 6.42 Å². The highest BCUT2D eigenvalue weighted by Crippen LogP contribution is 2.16. The lowest BCUT2D eigenvalue weighted by atomic mass is 10.1. The lowest BCUT2D eigenvalue weighted by Crippen LogP contribution is -2.09. The fraction of sp³-hybridized carbons (Fsp3) is 0.636. The van der Waals surface area contributed by atoms with E-state index in [0.717, 1.165) is 6.42 Å². The molecule has 84 valence electrons. The van der Waals surface area contributed by atoms with Crippen LogP contribution in [0.15, 0.2) is 0 Å². The Morgan fingerprint density at radius 2 is 1.87 bits per heavy atom. The molecule has 0 aliphatic heterocycles. The number of rotatable bonds is 2. The fourth-order valence-electron chi connectivity index (χ4n) is 1.13. The summed E-state index contributed by atoms with van der Waals surface area (Å²) in [6.07, 6.45) is 1.56. The summed E-state index contributed by atoms with van der Waals surface area (Å²) < 4.78 is 0. The van der Waals surface area contributed by atoms with Crippen LogP contribution in [0.25, 0.3) is 0 Å². The van der Waals surface area contributed by atoms with Crippen molar-refractivity contribution in [2.24, 2.45) is 5.92 Å². The summed E-state index contributed by atoms with van der Waals surface area (Å²) in [7, 11) is 0. The highest BCUT2D eigenvalue weighted by atomic mass is 16.2.